The summed E-state index contributed by atoms with van der Waals surface area (Å²) in [5, 5.41) is 9.91. The molecule has 10 aromatic rings. The summed E-state index contributed by atoms with van der Waals surface area (Å²) < 4.78 is 0. The summed E-state index contributed by atoms with van der Waals surface area (Å²) in [5.74, 6) is 0. The number of rotatable bonds is 4. The van der Waals surface area contributed by atoms with E-state index in [1.807, 2.05) is 23.5 Å². The zero-order valence-corrected chi connectivity index (χ0v) is 35.4. The van der Waals surface area contributed by atoms with Crippen molar-refractivity contribution in [3.05, 3.63) is 217 Å². The van der Waals surface area contributed by atoms with Crippen LogP contribution in [0.25, 0.3) is 65.3 Å². The fraction of sp³-hybridized carbons (Fsp3) is 0.0345. The monoisotopic (exact) mass is 826 g/mol. The van der Waals surface area contributed by atoms with E-state index in [1.54, 1.807) is 0 Å². The lowest BCUT2D eigenvalue weighted by Crippen LogP contribution is -2.21. The minimum atomic E-state index is 1.06. The van der Waals surface area contributed by atoms with Gasteiger partial charge in [-0.25, -0.2) is 0 Å². The molecule has 2 aliphatic heterocycles. The number of allylic oxidation sites excluding steroid dienone is 3. The Balaban J connectivity index is 1.16. The molecule has 0 fully saturated rings. The highest BCUT2D eigenvalue weighted by Crippen LogP contribution is 2.55. The number of hydrogen-bond acceptors (Lipinski definition) is 4. The molecule has 3 aliphatic rings. The molecule has 1 aliphatic carbocycles. The lowest BCUT2D eigenvalue weighted by atomic mass is 9.84. The number of anilines is 5. The van der Waals surface area contributed by atoms with Crippen LogP contribution in [0.1, 0.15) is 12.8 Å². The van der Waals surface area contributed by atoms with Crippen molar-refractivity contribution in [1.82, 2.24) is 0 Å². The van der Waals surface area contributed by atoms with Gasteiger partial charge in [0.15, 0.2) is 0 Å². The smallest absolute Gasteiger partial charge is 0.0601 e. The van der Waals surface area contributed by atoms with Crippen LogP contribution < -0.4 is 9.80 Å². The van der Waals surface area contributed by atoms with Gasteiger partial charge >= 0.3 is 0 Å². The van der Waals surface area contributed by atoms with E-state index in [1.165, 1.54) is 113 Å². The summed E-state index contributed by atoms with van der Waals surface area (Å²) in [4.78, 5) is 10.2. The van der Waals surface area contributed by atoms with Gasteiger partial charge in [0.2, 0.25) is 0 Å². The Kier molecular flexibility index (Phi) is 8.25. The maximum atomic E-state index is 2.51. The van der Waals surface area contributed by atoms with Gasteiger partial charge in [0.25, 0.3) is 0 Å². The van der Waals surface area contributed by atoms with E-state index in [0.29, 0.717) is 0 Å². The maximum absolute atomic E-state index is 2.51. The fourth-order valence-corrected chi connectivity index (χ4v) is 12.3. The van der Waals surface area contributed by atoms with Crippen molar-refractivity contribution in [2.75, 3.05) is 9.80 Å². The van der Waals surface area contributed by atoms with Crippen LogP contribution in [0.4, 0.5) is 28.4 Å². The number of hydrogen-bond donors (Lipinski definition) is 0. The van der Waals surface area contributed by atoms with Crippen LogP contribution >= 0.6 is 23.5 Å². The van der Waals surface area contributed by atoms with Gasteiger partial charge < -0.3 is 9.80 Å². The molecule has 4 heteroatoms. The molecule has 13 rings (SSSR count). The van der Waals surface area contributed by atoms with Crippen LogP contribution in [-0.2, 0) is 0 Å². The third-order valence-corrected chi connectivity index (χ3v) is 15.2. The normalized spacial score (nSPS) is 14.3. The van der Waals surface area contributed by atoms with Gasteiger partial charge in [-0.15, -0.1) is 0 Å². The van der Waals surface area contributed by atoms with Crippen LogP contribution in [0.5, 0.6) is 0 Å². The van der Waals surface area contributed by atoms with E-state index in [0.717, 1.165) is 18.5 Å². The first-order chi connectivity index (χ1) is 30.7. The second-order valence-electron chi connectivity index (χ2n) is 16.3. The molecule has 0 saturated heterocycles. The third kappa shape index (κ3) is 5.60. The van der Waals surface area contributed by atoms with E-state index in [9.17, 15) is 0 Å². The summed E-state index contributed by atoms with van der Waals surface area (Å²) in [7, 11) is 0. The molecule has 62 heavy (non-hydrogen) atoms. The summed E-state index contributed by atoms with van der Waals surface area (Å²) in [6, 6.07) is 72.4. The molecule has 0 aromatic heterocycles. The summed E-state index contributed by atoms with van der Waals surface area (Å²) in [6.07, 6.45) is 6.81. The largest absolute Gasteiger partial charge is 0.309 e. The number of para-hydroxylation sites is 3. The summed E-state index contributed by atoms with van der Waals surface area (Å²) >= 11 is 3.78. The van der Waals surface area contributed by atoms with Gasteiger partial charge in [-0.3, -0.25) is 0 Å². The Morgan fingerprint density at radius 3 is 1.73 bits per heavy atom. The van der Waals surface area contributed by atoms with E-state index in [-0.39, 0.29) is 0 Å². The van der Waals surface area contributed by atoms with Gasteiger partial charge in [-0.1, -0.05) is 157 Å². The maximum Gasteiger partial charge on any atom is 0.0601 e. The molecule has 0 saturated carbocycles. The van der Waals surface area contributed by atoms with Crippen molar-refractivity contribution < 1.29 is 0 Å². The first-order valence-electron chi connectivity index (χ1n) is 21.4. The molecule has 292 valence electrons. The third-order valence-electron chi connectivity index (χ3n) is 12.8. The molecule has 2 heterocycles. The average molecular weight is 827 g/mol. The average Bonchev–Trinajstić information content (AvgIpc) is 3.33. The van der Waals surface area contributed by atoms with Gasteiger partial charge in [-0.2, -0.15) is 0 Å². The van der Waals surface area contributed by atoms with Crippen molar-refractivity contribution in [3.8, 4) is 22.3 Å². The first kappa shape index (κ1) is 35.7. The second kappa shape index (κ2) is 14.3. The highest BCUT2D eigenvalue weighted by Gasteiger charge is 2.29. The highest BCUT2D eigenvalue weighted by molar-refractivity contribution is 8.03. The molecular formula is C58H38N2S2. The number of nitrogens with zero attached hydrogens (tertiary/aromatic N) is 2. The molecule has 0 amide bonds. The second-order valence-corrected chi connectivity index (χ2v) is 18.5. The van der Waals surface area contributed by atoms with Gasteiger partial charge in [0.1, 0.15) is 0 Å². The Hall–Kier alpha value is -6.98. The number of fused-ring (bicyclic) bond motifs is 7. The summed E-state index contributed by atoms with van der Waals surface area (Å²) in [5.41, 5.74) is 12.2. The number of thioether (sulfide) groups is 1. The van der Waals surface area contributed by atoms with Gasteiger partial charge in [0.05, 0.1) is 22.8 Å². The minimum absolute atomic E-state index is 1.06. The van der Waals surface area contributed by atoms with E-state index in [4.69, 9.17) is 0 Å². The van der Waals surface area contributed by atoms with Crippen LogP contribution in [-0.4, -0.2) is 0 Å². The Labute approximate surface area is 369 Å². The Morgan fingerprint density at radius 1 is 0.387 bits per heavy atom. The topological polar surface area (TPSA) is 6.48 Å². The van der Waals surface area contributed by atoms with Crippen molar-refractivity contribution in [1.29, 1.82) is 0 Å². The van der Waals surface area contributed by atoms with Crippen LogP contribution in [0.3, 0.4) is 0 Å². The predicted molar refractivity (Wildman–Crippen MR) is 266 cm³/mol. The molecule has 0 N–H and O–H groups in total. The first-order valence-corrected chi connectivity index (χ1v) is 23.0. The molecule has 0 atom stereocenters. The van der Waals surface area contributed by atoms with Crippen molar-refractivity contribution in [2.24, 2.45) is 0 Å². The van der Waals surface area contributed by atoms with E-state index >= 15 is 0 Å². The predicted octanol–water partition coefficient (Wildman–Crippen LogP) is 17.4. The zero-order chi connectivity index (χ0) is 40.7. The SMILES string of the molecule is C1=CC2=C(CC1)Sc1ccccc1N2c1ccc2c(-c3ccc4ccccc4c3)c3cc(N4c5ccccc5Sc5ccccc54)ccc3c(-c3cccc4ccccc34)c2c1. The molecule has 2 nitrogen and oxygen atoms in total. The van der Waals surface area contributed by atoms with Crippen molar-refractivity contribution >= 4 is 95.1 Å². The molecule has 0 radical (unpaired) electrons. The highest BCUT2D eigenvalue weighted by atomic mass is 32.2. The van der Waals surface area contributed by atoms with Crippen molar-refractivity contribution in [3.63, 3.8) is 0 Å². The van der Waals surface area contributed by atoms with Crippen molar-refractivity contribution in [2.45, 2.75) is 27.5 Å². The lowest BCUT2D eigenvalue weighted by Gasteiger charge is -2.35. The molecule has 10 aromatic carbocycles. The summed E-state index contributed by atoms with van der Waals surface area (Å²) in [6.45, 7) is 0. The quantitative estimate of drug-likeness (QED) is 0.163. The Morgan fingerprint density at radius 2 is 0.968 bits per heavy atom. The van der Waals surface area contributed by atoms with Gasteiger partial charge in [0, 0.05) is 31.0 Å². The fourth-order valence-electron chi connectivity index (χ4n) is 10.1. The molecule has 0 unspecified atom stereocenters. The molecule has 0 spiro atoms. The van der Waals surface area contributed by atoms with Crippen LogP contribution in [0.2, 0.25) is 0 Å². The molecule has 0 bridgehead atoms. The molecular weight excluding hydrogens is 789 g/mol. The Bertz CT molecular complexity index is 3510. The lowest BCUT2D eigenvalue weighted by molar-refractivity contribution is 0.969. The van der Waals surface area contributed by atoms with Crippen LogP contribution in [0, 0.1) is 0 Å². The van der Waals surface area contributed by atoms with E-state index in [2.05, 4.69) is 216 Å². The zero-order valence-electron chi connectivity index (χ0n) is 33.8. The minimum Gasteiger partial charge on any atom is -0.309 e. The number of benzene rings is 10. The van der Waals surface area contributed by atoms with Gasteiger partial charge in [-0.05, 0) is 151 Å². The van der Waals surface area contributed by atoms with Crippen LogP contribution in [0.15, 0.2) is 232 Å². The van der Waals surface area contributed by atoms with E-state index < -0.39 is 0 Å². The standard InChI is InChI=1S/C58H38N2S2/c1-2-16-39-34-40(29-28-37(39)14-1)57-45-32-30-42(60-51-22-7-11-26-55(51)62-56-27-12-8-23-52(56)60)36-48(45)58(44-19-13-17-38-15-3-4-18-43(38)44)46-33-31-41(35-47(46)57)59-49-20-5-9-24-53(49)61-54-25-10-6-21-50(54)59/h1-11,13-26,28-36H,12,27H2.